The van der Waals surface area contributed by atoms with Gasteiger partial charge < -0.3 is 15.1 Å². The summed E-state index contributed by atoms with van der Waals surface area (Å²) in [5.74, 6) is 0.571. The Morgan fingerprint density at radius 2 is 2.00 bits per heavy atom. The molecule has 5 heteroatoms. The van der Waals surface area contributed by atoms with Crippen molar-refractivity contribution < 1.29 is 9.21 Å². The summed E-state index contributed by atoms with van der Waals surface area (Å²) in [6.45, 7) is 0.394. The maximum absolute atomic E-state index is 12.2. The molecule has 1 aromatic carbocycles. The Hall–Kier alpha value is -1.59. The molecule has 0 aliphatic heterocycles. The summed E-state index contributed by atoms with van der Waals surface area (Å²) in [4.78, 5) is 13.8. The lowest BCUT2D eigenvalue weighted by Gasteiger charge is -2.20. The van der Waals surface area contributed by atoms with Crippen molar-refractivity contribution >= 4 is 21.8 Å². The van der Waals surface area contributed by atoms with Crippen molar-refractivity contribution in [2.75, 3.05) is 7.05 Å². The van der Waals surface area contributed by atoms with E-state index in [2.05, 4.69) is 15.9 Å². The summed E-state index contributed by atoms with van der Waals surface area (Å²) >= 11 is 3.23. The van der Waals surface area contributed by atoms with E-state index in [1.165, 1.54) is 0 Å². The second-order valence-corrected chi connectivity index (χ2v) is 5.07. The van der Waals surface area contributed by atoms with E-state index >= 15 is 0 Å². The summed E-state index contributed by atoms with van der Waals surface area (Å²) in [7, 11) is 1.71. The van der Waals surface area contributed by atoms with Crippen LogP contribution >= 0.6 is 15.9 Å². The second-order valence-electron chi connectivity index (χ2n) is 4.29. The van der Waals surface area contributed by atoms with E-state index in [1.807, 2.05) is 36.4 Å². The van der Waals surface area contributed by atoms with E-state index in [0.29, 0.717) is 17.0 Å². The van der Waals surface area contributed by atoms with Crippen molar-refractivity contribution in [2.24, 2.45) is 5.73 Å². The number of hydrogen-bond acceptors (Lipinski definition) is 3. The molecule has 0 aliphatic carbocycles. The number of nitrogens with two attached hydrogens (primary N) is 1. The van der Waals surface area contributed by atoms with Crippen LogP contribution in [0.2, 0.25) is 0 Å². The van der Waals surface area contributed by atoms with Crippen LogP contribution in [0.5, 0.6) is 0 Å². The Kier molecular flexibility index (Phi) is 4.39. The molecule has 1 unspecified atom stereocenters. The quantitative estimate of drug-likeness (QED) is 0.941. The largest absolute Gasteiger partial charge is 0.452 e. The first-order valence-electron chi connectivity index (χ1n) is 5.87. The number of nitrogens with zero attached hydrogens (tertiary/aromatic N) is 1. The van der Waals surface area contributed by atoms with Gasteiger partial charge in [0, 0.05) is 7.05 Å². The number of carbonyl (C=O) groups excluding carboxylic acids is 1. The first-order valence-corrected chi connectivity index (χ1v) is 6.67. The van der Waals surface area contributed by atoms with Gasteiger partial charge in [0.15, 0.2) is 4.67 Å². The first kappa shape index (κ1) is 13.8. The lowest BCUT2D eigenvalue weighted by atomic mass is 10.1. The van der Waals surface area contributed by atoms with Crippen molar-refractivity contribution in [3.05, 3.63) is 58.5 Å². The van der Waals surface area contributed by atoms with Gasteiger partial charge in [0.25, 0.3) is 0 Å². The molecular weight excluding hydrogens is 308 g/mol. The molecule has 0 saturated heterocycles. The summed E-state index contributed by atoms with van der Waals surface area (Å²) in [6.07, 6.45) is 0. The molecule has 2 aromatic rings. The van der Waals surface area contributed by atoms with Gasteiger partial charge >= 0.3 is 0 Å². The van der Waals surface area contributed by atoms with Crippen molar-refractivity contribution in [1.82, 2.24) is 4.90 Å². The number of furan rings is 1. The summed E-state index contributed by atoms with van der Waals surface area (Å²) < 4.78 is 6.02. The van der Waals surface area contributed by atoms with E-state index < -0.39 is 6.04 Å². The highest BCUT2D eigenvalue weighted by molar-refractivity contribution is 9.10. The van der Waals surface area contributed by atoms with Gasteiger partial charge in [-0.3, -0.25) is 4.79 Å². The standard InChI is InChI=1S/C14H15BrN2O2/c1-17(9-11-7-8-12(15)19-11)14(18)13(16)10-5-3-2-4-6-10/h2-8,13H,9,16H2,1H3. The van der Waals surface area contributed by atoms with Crippen LogP contribution in [0, 0.1) is 0 Å². The van der Waals surface area contributed by atoms with Crippen LogP contribution in [-0.4, -0.2) is 17.9 Å². The van der Waals surface area contributed by atoms with E-state index in [1.54, 1.807) is 18.0 Å². The average Bonchev–Trinajstić information content (AvgIpc) is 2.83. The number of hydrogen-bond donors (Lipinski definition) is 1. The van der Waals surface area contributed by atoms with Crippen molar-refractivity contribution in [3.8, 4) is 0 Å². The molecule has 0 aliphatic rings. The minimum atomic E-state index is -0.649. The van der Waals surface area contributed by atoms with Gasteiger partial charge in [-0.15, -0.1) is 0 Å². The molecule has 0 bridgehead atoms. The normalized spacial score (nSPS) is 12.2. The highest BCUT2D eigenvalue weighted by atomic mass is 79.9. The van der Waals surface area contributed by atoms with E-state index in [4.69, 9.17) is 10.2 Å². The molecule has 0 radical (unpaired) electrons. The Morgan fingerprint density at radius 1 is 1.32 bits per heavy atom. The number of carbonyl (C=O) groups is 1. The zero-order chi connectivity index (χ0) is 13.8. The number of halogens is 1. The minimum absolute atomic E-state index is 0.140. The molecule has 2 N–H and O–H groups in total. The highest BCUT2D eigenvalue weighted by Gasteiger charge is 2.20. The topological polar surface area (TPSA) is 59.5 Å². The minimum Gasteiger partial charge on any atom is -0.452 e. The van der Waals surface area contributed by atoms with Crippen LogP contribution in [0.4, 0.5) is 0 Å². The third-order valence-corrected chi connectivity index (χ3v) is 3.25. The zero-order valence-electron chi connectivity index (χ0n) is 10.5. The van der Waals surface area contributed by atoms with Crippen LogP contribution in [0.3, 0.4) is 0 Å². The molecule has 4 nitrogen and oxygen atoms in total. The van der Waals surface area contributed by atoms with Crippen LogP contribution < -0.4 is 5.73 Å². The predicted octanol–water partition coefficient (Wildman–Crippen LogP) is 2.70. The van der Waals surface area contributed by atoms with Crippen molar-refractivity contribution in [1.29, 1.82) is 0 Å². The lowest BCUT2D eigenvalue weighted by Crippen LogP contribution is -2.35. The van der Waals surface area contributed by atoms with Crippen molar-refractivity contribution in [3.63, 3.8) is 0 Å². The number of benzene rings is 1. The Morgan fingerprint density at radius 3 is 2.58 bits per heavy atom. The fourth-order valence-electron chi connectivity index (χ4n) is 1.79. The van der Waals surface area contributed by atoms with Gasteiger partial charge in [-0.25, -0.2) is 0 Å². The molecule has 19 heavy (non-hydrogen) atoms. The molecule has 0 spiro atoms. The average molecular weight is 323 g/mol. The Bertz CT molecular complexity index is 554. The van der Waals surface area contributed by atoms with Crippen LogP contribution in [0.25, 0.3) is 0 Å². The highest BCUT2D eigenvalue weighted by Crippen LogP contribution is 2.17. The summed E-state index contributed by atoms with van der Waals surface area (Å²) in [5, 5.41) is 0. The molecule has 0 saturated carbocycles. The maximum atomic E-state index is 12.2. The smallest absolute Gasteiger partial charge is 0.244 e. The summed E-state index contributed by atoms with van der Waals surface area (Å²) in [6, 6.07) is 12.3. The SMILES string of the molecule is CN(Cc1ccc(Br)o1)C(=O)C(N)c1ccccc1. The number of likely N-dealkylation sites (N-methyl/N-ethyl adjacent to an activating group) is 1. The lowest BCUT2D eigenvalue weighted by molar-refractivity contribution is -0.132. The molecule has 1 amide bonds. The fraction of sp³-hybridized carbons (Fsp3) is 0.214. The molecular formula is C14H15BrN2O2. The molecule has 1 aromatic heterocycles. The van der Waals surface area contributed by atoms with Crippen LogP contribution in [0.15, 0.2) is 51.6 Å². The van der Waals surface area contributed by atoms with Gasteiger partial charge in [-0.05, 0) is 33.6 Å². The van der Waals surface area contributed by atoms with Gasteiger partial charge in [0.05, 0.1) is 6.54 Å². The number of amides is 1. The summed E-state index contributed by atoms with van der Waals surface area (Å²) in [5.41, 5.74) is 6.77. The van der Waals surface area contributed by atoms with Crippen molar-refractivity contribution in [2.45, 2.75) is 12.6 Å². The first-order chi connectivity index (χ1) is 9.08. The maximum Gasteiger partial charge on any atom is 0.244 e. The molecule has 1 atom stereocenters. The Balaban J connectivity index is 2.03. The zero-order valence-corrected chi connectivity index (χ0v) is 12.1. The molecule has 1 heterocycles. The second kappa shape index (κ2) is 6.04. The van der Waals surface area contributed by atoms with Gasteiger partial charge in [0.2, 0.25) is 5.91 Å². The third-order valence-electron chi connectivity index (χ3n) is 2.82. The van der Waals surface area contributed by atoms with Gasteiger partial charge in [0.1, 0.15) is 11.8 Å². The fourth-order valence-corrected chi connectivity index (χ4v) is 2.13. The molecule has 0 fully saturated rings. The molecule has 100 valence electrons. The van der Waals surface area contributed by atoms with E-state index in [0.717, 1.165) is 5.56 Å². The van der Waals surface area contributed by atoms with E-state index in [9.17, 15) is 4.79 Å². The third kappa shape index (κ3) is 3.45. The van der Waals surface area contributed by atoms with Gasteiger partial charge in [-0.1, -0.05) is 30.3 Å². The van der Waals surface area contributed by atoms with Crippen LogP contribution in [0.1, 0.15) is 17.4 Å². The monoisotopic (exact) mass is 322 g/mol. The predicted molar refractivity (Wildman–Crippen MR) is 76.3 cm³/mol. The number of rotatable bonds is 4. The van der Waals surface area contributed by atoms with Crippen LogP contribution in [-0.2, 0) is 11.3 Å². The Labute approximate surface area is 120 Å². The molecule has 2 rings (SSSR count). The van der Waals surface area contributed by atoms with Gasteiger partial charge in [-0.2, -0.15) is 0 Å². The van der Waals surface area contributed by atoms with E-state index in [-0.39, 0.29) is 5.91 Å².